The predicted molar refractivity (Wildman–Crippen MR) is 87.0 cm³/mol. The van der Waals surface area contributed by atoms with E-state index in [2.05, 4.69) is 0 Å². The first kappa shape index (κ1) is 14.0. The fraction of sp³-hybridized carbons (Fsp3) is 0.0526. The molecule has 0 spiro atoms. The highest BCUT2D eigenvalue weighted by molar-refractivity contribution is 6.06. The molecule has 0 fully saturated rings. The van der Waals surface area contributed by atoms with E-state index in [4.69, 9.17) is 4.42 Å². The summed E-state index contributed by atoms with van der Waals surface area (Å²) in [5.74, 6) is -0.149. The summed E-state index contributed by atoms with van der Waals surface area (Å²) < 4.78 is 5.29. The molecule has 3 aromatic rings. The Morgan fingerprint density at radius 3 is 2.59 bits per heavy atom. The Kier molecular flexibility index (Phi) is 3.71. The second-order valence-electron chi connectivity index (χ2n) is 5.09. The van der Waals surface area contributed by atoms with Gasteiger partial charge in [-0.3, -0.25) is 4.79 Å². The van der Waals surface area contributed by atoms with Crippen LogP contribution < -0.4 is 5.63 Å². The largest absolute Gasteiger partial charge is 0.422 e. The average molecular weight is 290 g/mol. The number of hydrogen-bond donors (Lipinski definition) is 0. The first-order valence-corrected chi connectivity index (χ1v) is 6.95. The van der Waals surface area contributed by atoms with E-state index in [9.17, 15) is 9.59 Å². The van der Waals surface area contributed by atoms with Crippen LogP contribution in [0.4, 0.5) is 0 Å². The molecule has 0 amide bonds. The number of carbonyl (C=O) groups excluding carboxylic acids is 1. The zero-order valence-electron chi connectivity index (χ0n) is 12.1. The Labute approximate surface area is 127 Å². The minimum atomic E-state index is -0.449. The summed E-state index contributed by atoms with van der Waals surface area (Å²) in [5, 5.41) is 0.831. The van der Waals surface area contributed by atoms with Crippen molar-refractivity contribution in [1.82, 2.24) is 0 Å². The maximum absolute atomic E-state index is 12.0. The normalized spacial score (nSPS) is 11.1. The molecule has 22 heavy (non-hydrogen) atoms. The van der Waals surface area contributed by atoms with Gasteiger partial charge in [0.1, 0.15) is 5.58 Å². The first-order chi connectivity index (χ1) is 10.6. The molecule has 0 aliphatic carbocycles. The van der Waals surface area contributed by atoms with E-state index in [0.717, 1.165) is 10.9 Å². The van der Waals surface area contributed by atoms with Gasteiger partial charge in [-0.15, -0.1) is 0 Å². The lowest BCUT2D eigenvalue weighted by atomic mass is 10.1. The van der Waals surface area contributed by atoms with Crippen molar-refractivity contribution in [3.8, 4) is 0 Å². The third-order valence-corrected chi connectivity index (χ3v) is 3.39. The number of carbonyl (C=O) groups is 1. The van der Waals surface area contributed by atoms with Crippen LogP contribution in [0.1, 0.15) is 21.5 Å². The molecule has 0 bridgehead atoms. The third-order valence-electron chi connectivity index (χ3n) is 3.39. The van der Waals surface area contributed by atoms with E-state index in [1.54, 1.807) is 30.3 Å². The lowest BCUT2D eigenvalue weighted by Crippen LogP contribution is -2.03. The number of fused-ring (bicyclic) bond motifs is 1. The number of ketones is 1. The quantitative estimate of drug-likeness (QED) is 0.416. The average Bonchev–Trinajstić information content (AvgIpc) is 2.53. The van der Waals surface area contributed by atoms with E-state index in [1.807, 2.05) is 31.2 Å². The predicted octanol–water partition coefficient (Wildman–Crippen LogP) is 4.00. The summed E-state index contributed by atoms with van der Waals surface area (Å²) in [4.78, 5) is 24.0. The monoisotopic (exact) mass is 290 g/mol. The molecule has 2 aromatic carbocycles. The van der Waals surface area contributed by atoms with Gasteiger partial charge in [0.05, 0.1) is 5.56 Å². The molecule has 1 aromatic heterocycles. The zero-order chi connectivity index (χ0) is 15.5. The SMILES string of the molecule is Cc1ccc2cc(/C=C/C(=O)c3ccccc3)c(=O)oc2c1. The van der Waals surface area contributed by atoms with Gasteiger partial charge < -0.3 is 4.42 Å². The molecule has 0 aliphatic rings. The molecular weight excluding hydrogens is 276 g/mol. The summed E-state index contributed by atoms with van der Waals surface area (Å²) in [7, 11) is 0. The Morgan fingerprint density at radius 1 is 1.05 bits per heavy atom. The molecule has 108 valence electrons. The van der Waals surface area contributed by atoms with Crippen molar-refractivity contribution >= 4 is 22.8 Å². The molecule has 0 aliphatic heterocycles. The maximum atomic E-state index is 12.0. The molecular formula is C19H14O3. The van der Waals surface area contributed by atoms with Gasteiger partial charge in [0, 0.05) is 10.9 Å². The Balaban J connectivity index is 1.95. The fourth-order valence-electron chi connectivity index (χ4n) is 2.21. The summed E-state index contributed by atoms with van der Waals surface area (Å²) in [6.07, 6.45) is 2.89. The van der Waals surface area contributed by atoms with Crippen LogP contribution in [-0.4, -0.2) is 5.78 Å². The molecule has 3 rings (SSSR count). The van der Waals surface area contributed by atoms with Crippen molar-refractivity contribution < 1.29 is 9.21 Å². The fourth-order valence-corrected chi connectivity index (χ4v) is 2.21. The van der Waals surface area contributed by atoms with Gasteiger partial charge in [-0.05, 0) is 36.8 Å². The molecule has 3 heteroatoms. The highest BCUT2D eigenvalue weighted by Gasteiger charge is 2.05. The molecule has 3 nitrogen and oxygen atoms in total. The van der Waals surface area contributed by atoms with Gasteiger partial charge in [-0.2, -0.15) is 0 Å². The number of rotatable bonds is 3. The molecule has 0 saturated heterocycles. The Morgan fingerprint density at radius 2 is 1.82 bits per heavy atom. The van der Waals surface area contributed by atoms with Crippen molar-refractivity contribution in [2.45, 2.75) is 6.92 Å². The van der Waals surface area contributed by atoms with Crippen molar-refractivity contribution in [3.63, 3.8) is 0 Å². The first-order valence-electron chi connectivity index (χ1n) is 6.95. The van der Waals surface area contributed by atoms with Crippen LogP contribution in [0.15, 0.2) is 69.9 Å². The number of aryl methyl sites for hydroxylation is 1. The van der Waals surface area contributed by atoms with Gasteiger partial charge in [0.15, 0.2) is 5.78 Å². The Hall–Kier alpha value is -2.94. The van der Waals surface area contributed by atoms with Gasteiger partial charge in [-0.1, -0.05) is 42.5 Å². The maximum Gasteiger partial charge on any atom is 0.343 e. The number of allylic oxidation sites excluding steroid dienone is 1. The Bertz CT molecular complexity index is 918. The third kappa shape index (κ3) is 2.88. The van der Waals surface area contributed by atoms with E-state index < -0.39 is 5.63 Å². The van der Waals surface area contributed by atoms with Crippen LogP contribution in [0.3, 0.4) is 0 Å². The molecule has 1 heterocycles. The summed E-state index contributed by atoms with van der Waals surface area (Å²) >= 11 is 0. The van der Waals surface area contributed by atoms with Gasteiger partial charge in [-0.25, -0.2) is 4.79 Å². The van der Waals surface area contributed by atoms with Gasteiger partial charge >= 0.3 is 5.63 Å². The van der Waals surface area contributed by atoms with Crippen molar-refractivity contribution in [1.29, 1.82) is 0 Å². The zero-order valence-corrected chi connectivity index (χ0v) is 12.1. The standard InChI is InChI=1S/C19H14O3/c1-13-7-8-15-12-16(19(21)22-18(15)11-13)9-10-17(20)14-5-3-2-4-6-14/h2-12H,1H3/b10-9+. The van der Waals surface area contributed by atoms with Crippen LogP contribution in [0.5, 0.6) is 0 Å². The molecule has 0 atom stereocenters. The van der Waals surface area contributed by atoms with Crippen LogP contribution in [0.25, 0.3) is 17.0 Å². The van der Waals surface area contributed by atoms with Gasteiger partial charge in [0.2, 0.25) is 0 Å². The van der Waals surface area contributed by atoms with Crippen molar-refractivity contribution in [2.24, 2.45) is 0 Å². The van der Waals surface area contributed by atoms with Crippen LogP contribution in [0.2, 0.25) is 0 Å². The number of hydrogen-bond acceptors (Lipinski definition) is 3. The minimum Gasteiger partial charge on any atom is -0.422 e. The second-order valence-corrected chi connectivity index (χ2v) is 5.09. The molecule has 0 saturated carbocycles. The van der Waals surface area contributed by atoms with Crippen LogP contribution in [0, 0.1) is 6.92 Å². The smallest absolute Gasteiger partial charge is 0.343 e. The van der Waals surface area contributed by atoms with E-state index >= 15 is 0 Å². The molecule has 0 N–H and O–H groups in total. The summed E-state index contributed by atoms with van der Waals surface area (Å²) in [5.41, 5.74) is 2.07. The van der Waals surface area contributed by atoms with E-state index in [1.165, 1.54) is 12.2 Å². The van der Waals surface area contributed by atoms with Crippen LogP contribution >= 0.6 is 0 Å². The highest BCUT2D eigenvalue weighted by Crippen LogP contribution is 2.16. The van der Waals surface area contributed by atoms with E-state index in [0.29, 0.717) is 16.7 Å². The second kappa shape index (κ2) is 5.82. The summed E-state index contributed by atoms with van der Waals surface area (Å²) in [6, 6.07) is 16.3. The van der Waals surface area contributed by atoms with Crippen molar-refractivity contribution in [2.75, 3.05) is 0 Å². The summed E-state index contributed by atoms with van der Waals surface area (Å²) in [6.45, 7) is 1.94. The number of benzene rings is 2. The topological polar surface area (TPSA) is 47.3 Å². The molecule has 0 unspecified atom stereocenters. The molecule has 0 radical (unpaired) electrons. The highest BCUT2D eigenvalue weighted by atomic mass is 16.4. The minimum absolute atomic E-state index is 0.149. The van der Waals surface area contributed by atoms with Crippen molar-refractivity contribution in [3.05, 3.63) is 87.8 Å². The van der Waals surface area contributed by atoms with Crippen LogP contribution in [-0.2, 0) is 0 Å². The van der Waals surface area contributed by atoms with E-state index in [-0.39, 0.29) is 5.78 Å². The lowest BCUT2D eigenvalue weighted by Gasteiger charge is -1.99. The lowest BCUT2D eigenvalue weighted by molar-refractivity contribution is 0.104. The van der Waals surface area contributed by atoms with Gasteiger partial charge in [0.25, 0.3) is 0 Å².